The minimum atomic E-state index is -5.84. The zero-order valence-electron chi connectivity index (χ0n) is 17.2. The molecular weight excluding hydrogens is 550 g/mol. The highest BCUT2D eigenvalue weighted by atomic mass is 32.2. The largest absolute Gasteiger partial charge is 0.522 e. The highest BCUT2D eigenvalue weighted by molar-refractivity contribution is 7.86. The molecule has 0 unspecified atom stereocenters. The van der Waals surface area contributed by atoms with Crippen LogP contribution in [-0.4, -0.2) is 36.3 Å². The number of alkyl halides is 3. The van der Waals surface area contributed by atoms with Crippen LogP contribution in [0.1, 0.15) is 31.1 Å². The number of nitrogens with one attached hydrogen (secondary N) is 1. The lowest BCUT2D eigenvalue weighted by molar-refractivity contribution is -0.0510. The van der Waals surface area contributed by atoms with Crippen molar-refractivity contribution in [3.8, 4) is 5.75 Å². The van der Waals surface area contributed by atoms with E-state index in [-0.39, 0.29) is 21.9 Å². The molecule has 2 amide bonds. The molecule has 0 aromatic heterocycles. The Hall–Kier alpha value is -4.12. The molecule has 0 saturated carbocycles. The van der Waals surface area contributed by atoms with Crippen LogP contribution in [-0.2, 0) is 10.1 Å². The normalized spacial score (nSPS) is 13.1. The topological polar surface area (TPSA) is 127 Å². The average molecular weight is 557 g/mol. The first-order chi connectivity index (χ1) is 17.0. The van der Waals surface area contributed by atoms with Crippen molar-refractivity contribution in [2.24, 2.45) is 0 Å². The van der Waals surface area contributed by atoms with Gasteiger partial charge in [-0.3, -0.25) is 19.5 Å². The highest BCUT2D eigenvalue weighted by Gasteiger charge is 2.44. The summed E-state index contributed by atoms with van der Waals surface area (Å²) in [5.74, 6) is -15.4. The van der Waals surface area contributed by atoms with Crippen molar-refractivity contribution in [1.82, 2.24) is 5.32 Å². The van der Waals surface area contributed by atoms with E-state index in [1.165, 1.54) is 24.3 Å². The molecule has 1 aliphatic rings. The Morgan fingerprint density at radius 3 is 1.84 bits per heavy atom. The number of hydrogen-bond donors (Lipinski definition) is 2. The van der Waals surface area contributed by atoms with Crippen LogP contribution in [0.5, 0.6) is 5.75 Å². The predicted octanol–water partition coefficient (Wildman–Crippen LogP) is 4.03. The quantitative estimate of drug-likeness (QED) is 0.0712. The van der Waals surface area contributed by atoms with Crippen molar-refractivity contribution < 1.29 is 67.2 Å². The lowest BCUT2D eigenvalue weighted by Gasteiger charge is -2.17. The van der Waals surface area contributed by atoms with E-state index in [4.69, 9.17) is 17.7 Å². The monoisotopic (exact) mass is 557 g/mol. The van der Waals surface area contributed by atoms with Crippen LogP contribution in [0.4, 0.5) is 35.1 Å². The fraction of sp³-hybridized carbons (Fsp3) is 0.0500. The number of imide groups is 1. The summed E-state index contributed by atoms with van der Waals surface area (Å²) in [6.07, 6.45) is 0. The molecule has 196 valence electrons. The summed E-state index contributed by atoms with van der Waals surface area (Å²) >= 11 is 0. The van der Waals surface area contributed by atoms with Gasteiger partial charge < -0.3 is 4.74 Å². The fourth-order valence-electron chi connectivity index (χ4n) is 3.01. The molecule has 2 N–H and O–H groups in total. The molecule has 1 aliphatic heterocycles. The Morgan fingerprint density at radius 1 is 0.838 bits per heavy atom. The summed E-state index contributed by atoms with van der Waals surface area (Å²) in [6, 6.07) is 6.60. The number of amides is 2. The van der Waals surface area contributed by atoms with Crippen LogP contribution in [0.25, 0.3) is 10.8 Å². The molecule has 17 heteroatoms. The zero-order chi connectivity index (χ0) is 28.0. The summed E-state index contributed by atoms with van der Waals surface area (Å²) < 4.78 is 130. The average Bonchev–Trinajstić information content (AvgIpc) is 2.79. The summed E-state index contributed by atoms with van der Waals surface area (Å²) in [5, 5.41) is 2.61. The second kappa shape index (κ2) is 9.40. The minimum absolute atomic E-state index is 0.0714. The summed E-state index contributed by atoms with van der Waals surface area (Å²) in [6.45, 7) is 0. The third-order valence-corrected chi connectivity index (χ3v) is 5.17. The van der Waals surface area contributed by atoms with Gasteiger partial charge in [-0.15, -0.1) is 0 Å². The Kier molecular flexibility index (Phi) is 6.98. The van der Waals surface area contributed by atoms with Crippen molar-refractivity contribution in [2.75, 3.05) is 0 Å². The van der Waals surface area contributed by atoms with E-state index >= 15 is 0 Å². The standard InChI is InChI=1S/C19H6F5NO4.CHF3O3S/c20-12-11(13(21)15(23)16(24)14(12)22)19(28)29-7-4-6-2-1-3-8-10(6)9(5-7)18(27)25-17(8)26;2-1(3,4)8(5,6)7/h1-5H,(H,25,26,27);(H,5,6,7). The number of esters is 1. The number of benzene rings is 3. The van der Waals surface area contributed by atoms with Gasteiger partial charge in [0.25, 0.3) is 11.8 Å². The highest BCUT2D eigenvalue weighted by Crippen LogP contribution is 2.32. The fourth-order valence-corrected chi connectivity index (χ4v) is 3.01. The van der Waals surface area contributed by atoms with Gasteiger partial charge in [-0.2, -0.15) is 21.6 Å². The van der Waals surface area contributed by atoms with Crippen LogP contribution in [0.3, 0.4) is 0 Å². The van der Waals surface area contributed by atoms with Gasteiger partial charge in [-0.05, 0) is 23.6 Å². The molecular formula is C20H7F8NO7S. The van der Waals surface area contributed by atoms with Gasteiger partial charge in [-0.25, -0.2) is 26.7 Å². The van der Waals surface area contributed by atoms with Crippen LogP contribution >= 0.6 is 0 Å². The molecule has 0 aliphatic carbocycles. The SMILES string of the molecule is O=C(Oc1cc2c3c(cccc3c1)C(=O)NC2=O)c1c(F)c(F)c(F)c(F)c1F.O=S(=O)(O)C(F)(F)F. The Labute approximate surface area is 199 Å². The van der Waals surface area contributed by atoms with Crippen LogP contribution in [0.2, 0.25) is 0 Å². The predicted molar refractivity (Wildman–Crippen MR) is 105 cm³/mol. The maximum absolute atomic E-state index is 13.8. The molecule has 0 radical (unpaired) electrons. The van der Waals surface area contributed by atoms with Gasteiger partial charge >= 0.3 is 21.6 Å². The van der Waals surface area contributed by atoms with Gasteiger partial charge in [-0.1, -0.05) is 12.1 Å². The summed E-state index contributed by atoms with van der Waals surface area (Å²) in [4.78, 5) is 36.1. The summed E-state index contributed by atoms with van der Waals surface area (Å²) in [5.41, 5.74) is -7.20. The van der Waals surface area contributed by atoms with Gasteiger partial charge in [0, 0.05) is 10.9 Å². The van der Waals surface area contributed by atoms with Crippen LogP contribution in [0.15, 0.2) is 30.3 Å². The number of carbonyl (C=O) groups excluding carboxylic acids is 3. The molecule has 0 atom stereocenters. The second-order valence-corrected chi connectivity index (χ2v) is 8.33. The first-order valence-corrected chi connectivity index (χ1v) is 10.6. The number of carbonyl (C=O) groups is 3. The van der Waals surface area contributed by atoms with E-state index in [1.54, 1.807) is 0 Å². The van der Waals surface area contributed by atoms with Gasteiger partial charge in [0.1, 0.15) is 11.3 Å². The van der Waals surface area contributed by atoms with Crippen LogP contribution in [0, 0.1) is 29.1 Å². The molecule has 4 rings (SSSR count). The number of halogens is 8. The van der Waals surface area contributed by atoms with E-state index in [2.05, 4.69) is 5.32 Å². The molecule has 37 heavy (non-hydrogen) atoms. The lowest BCUT2D eigenvalue weighted by Crippen LogP contribution is -2.34. The van der Waals surface area contributed by atoms with Crippen molar-refractivity contribution in [1.29, 1.82) is 0 Å². The zero-order valence-corrected chi connectivity index (χ0v) is 18.0. The third-order valence-electron chi connectivity index (χ3n) is 4.58. The second-order valence-electron chi connectivity index (χ2n) is 6.91. The number of hydrogen-bond acceptors (Lipinski definition) is 6. The van der Waals surface area contributed by atoms with Crippen molar-refractivity contribution in [3.63, 3.8) is 0 Å². The Bertz CT molecular complexity index is 1570. The molecule has 3 aromatic rings. The first-order valence-electron chi connectivity index (χ1n) is 9.15. The molecule has 0 saturated heterocycles. The van der Waals surface area contributed by atoms with E-state index in [1.807, 2.05) is 0 Å². The number of ether oxygens (including phenoxy) is 1. The molecule has 0 fully saturated rings. The molecule has 1 heterocycles. The maximum Gasteiger partial charge on any atom is 0.522 e. The Morgan fingerprint density at radius 2 is 1.32 bits per heavy atom. The van der Waals surface area contributed by atoms with Gasteiger partial charge in [0.15, 0.2) is 23.3 Å². The smallest absolute Gasteiger partial charge is 0.423 e. The number of rotatable bonds is 2. The van der Waals surface area contributed by atoms with E-state index in [0.29, 0.717) is 0 Å². The molecule has 0 spiro atoms. The van der Waals surface area contributed by atoms with Crippen molar-refractivity contribution >= 4 is 38.7 Å². The first kappa shape index (κ1) is 27.5. The molecule has 8 nitrogen and oxygen atoms in total. The van der Waals surface area contributed by atoms with E-state index in [9.17, 15) is 49.5 Å². The maximum atomic E-state index is 13.8. The lowest BCUT2D eigenvalue weighted by atomic mass is 9.95. The van der Waals surface area contributed by atoms with E-state index < -0.39 is 73.8 Å². The van der Waals surface area contributed by atoms with Crippen molar-refractivity contribution in [3.05, 3.63) is 76.1 Å². The minimum Gasteiger partial charge on any atom is -0.423 e. The van der Waals surface area contributed by atoms with E-state index in [0.717, 1.165) is 6.07 Å². The van der Waals surface area contributed by atoms with Crippen LogP contribution < -0.4 is 10.1 Å². The third kappa shape index (κ3) is 5.08. The summed E-state index contributed by atoms with van der Waals surface area (Å²) in [7, 11) is -5.84. The van der Waals surface area contributed by atoms with Crippen molar-refractivity contribution in [2.45, 2.75) is 5.51 Å². The molecule has 0 bridgehead atoms. The van der Waals surface area contributed by atoms with Gasteiger partial charge in [0.2, 0.25) is 5.82 Å². The molecule has 3 aromatic carbocycles. The van der Waals surface area contributed by atoms with Gasteiger partial charge in [0.05, 0.1) is 5.56 Å². The Balaban J connectivity index is 0.000000414.